The van der Waals surface area contributed by atoms with Crippen LogP contribution in [-0.4, -0.2) is 61.0 Å². The molecule has 1 heterocycles. The molecule has 1 N–H and O–H groups in total. The van der Waals surface area contributed by atoms with Crippen LogP contribution in [0.1, 0.15) is 51.9 Å². The number of carbonyl (C=O) groups excluding carboxylic acids is 1. The van der Waals surface area contributed by atoms with Crippen molar-refractivity contribution in [2.45, 2.75) is 64.0 Å². The van der Waals surface area contributed by atoms with Gasteiger partial charge in [-0.1, -0.05) is 19.8 Å². The lowest BCUT2D eigenvalue weighted by molar-refractivity contribution is -0.132. The smallest absolute Gasteiger partial charge is 0.236 e. The fourth-order valence-corrected chi connectivity index (χ4v) is 3.54. The number of nitrogens with one attached hydrogen (secondary N) is 1. The predicted molar refractivity (Wildman–Crippen MR) is 82.8 cm³/mol. The van der Waals surface area contributed by atoms with Crippen LogP contribution in [0.4, 0.5) is 0 Å². The van der Waals surface area contributed by atoms with Crippen LogP contribution >= 0.6 is 0 Å². The van der Waals surface area contributed by atoms with E-state index >= 15 is 0 Å². The minimum absolute atomic E-state index is 0.269. The standard InChI is InChI=1S/C16H31N3O/c1-3-10-19-11-8-15(9-12-19)18(2)16(20)13-17-14-6-4-5-7-14/h14-15,17H,3-13H2,1-2H3. The van der Waals surface area contributed by atoms with Crippen molar-refractivity contribution in [3.05, 3.63) is 0 Å². The largest absolute Gasteiger partial charge is 0.342 e. The molecule has 2 rings (SSSR count). The molecule has 1 amide bonds. The molecule has 116 valence electrons. The fraction of sp³-hybridized carbons (Fsp3) is 0.938. The Morgan fingerprint density at radius 3 is 2.45 bits per heavy atom. The van der Waals surface area contributed by atoms with Crippen LogP contribution in [0.2, 0.25) is 0 Å². The summed E-state index contributed by atoms with van der Waals surface area (Å²) in [5.41, 5.74) is 0. The number of piperidine rings is 1. The molecule has 20 heavy (non-hydrogen) atoms. The van der Waals surface area contributed by atoms with E-state index in [1.165, 1.54) is 38.6 Å². The van der Waals surface area contributed by atoms with E-state index in [0.717, 1.165) is 25.9 Å². The second kappa shape index (κ2) is 7.99. The Balaban J connectivity index is 1.67. The highest BCUT2D eigenvalue weighted by Gasteiger charge is 2.25. The molecular weight excluding hydrogens is 250 g/mol. The topological polar surface area (TPSA) is 35.6 Å². The summed E-state index contributed by atoms with van der Waals surface area (Å²) in [5.74, 6) is 0.269. The molecule has 0 aromatic carbocycles. The van der Waals surface area contributed by atoms with Gasteiger partial charge >= 0.3 is 0 Å². The normalized spacial score (nSPS) is 22.3. The number of hydrogen-bond donors (Lipinski definition) is 1. The van der Waals surface area contributed by atoms with Crippen molar-refractivity contribution < 1.29 is 4.79 Å². The second-order valence-electron chi connectivity index (χ2n) is 6.44. The van der Waals surface area contributed by atoms with Crippen molar-refractivity contribution in [3.8, 4) is 0 Å². The summed E-state index contributed by atoms with van der Waals surface area (Å²) in [7, 11) is 1.98. The minimum Gasteiger partial charge on any atom is -0.342 e. The molecule has 0 radical (unpaired) electrons. The second-order valence-corrected chi connectivity index (χ2v) is 6.44. The molecule has 2 aliphatic rings. The van der Waals surface area contributed by atoms with E-state index in [-0.39, 0.29) is 5.91 Å². The first-order chi connectivity index (χ1) is 9.70. The number of carbonyl (C=O) groups is 1. The van der Waals surface area contributed by atoms with Crippen LogP contribution in [0.25, 0.3) is 0 Å². The predicted octanol–water partition coefficient (Wildman–Crippen LogP) is 1.85. The molecule has 0 atom stereocenters. The first-order valence-electron chi connectivity index (χ1n) is 8.42. The summed E-state index contributed by atoms with van der Waals surface area (Å²) in [6.45, 7) is 6.25. The van der Waals surface area contributed by atoms with Crippen molar-refractivity contribution in [3.63, 3.8) is 0 Å². The minimum atomic E-state index is 0.269. The third-order valence-corrected chi connectivity index (χ3v) is 4.94. The monoisotopic (exact) mass is 281 g/mol. The van der Waals surface area contributed by atoms with E-state index in [1.54, 1.807) is 0 Å². The SMILES string of the molecule is CCCN1CCC(N(C)C(=O)CNC2CCCC2)CC1. The summed E-state index contributed by atoms with van der Waals surface area (Å²) in [6.07, 6.45) is 8.61. The lowest BCUT2D eigenvalue weighted by atomic mass is 10.0. The molecule has 2 fully saturated rings. The van der Waals surface area contributed by atoms with Gasteiger partial charge in [0.15, 0.2) is 0 Å². The van der Waals surface area contributed by atoms with Gasteiger partial charge in [-0.05, 0) is 38.6 Å². The van der Waals surface area contributed by atoms with Crippen molar-refractivity contribution in [1.29, 1.82) is 0 Å². The number of nitrogens with zero attached hydrogens (tertiary/aromatic N) is 2. The molecule has 0 aromatic heterocycles. The Morgan fingerprint density at radius 2 is 1.85 bits per heavy atom. The zero-order valence-corrected chi connectivity index (χ0v) is 13.2. The first kappa shape index (κ1) is 15.8. The van der Waals surface area contributed by atoms with Gasteiger partial charge in [-0.25, -0.2) is 0 Å². The molecule has 0 aromatic rings. The number of amides is 1. The maximum absolute atomic E-state index is 12.3. The highest BCUT2D eigenvalue weighted by atomic mass is 16.2. The lowest BCUT2D eigenvalue weighted by Gasteiger charge is -2.36. The van der Waals surface area contributed by atoms with Crippen LogP contribution in [0, 0.1) is 0 Å². The Morgan fingerprint density at radius 1 is 1.20 bits per heavy atom. The molecule has 1 aliphatic carbocycles. The summed E-state index contributed by atoms with van der Waals surface area (Å²) >= 11 is 0. The number of likely N-dealkylation sites (tertiary alicyclic amines) is 1. The number of likely N-dealkylation sites (N-methyl/N-ethyl adjacent to an activating group) is 1. The van der Waals surface area contributed by atoms with Gasteiger partial charge in [0.1, 0.15) is 0 Å². The molecule has 1 saturated carbocycles. The molecule has 4 nitrogen and oxygen atoms in total. The van der Waals surface area contributed by atoms with Gasteiger partial charge in [0.2, 0.25) is 5.91 Å². The lowest BCUT2D eigenvalue weighted by Crippen LogP contribution is -2.48. The van der Waals surface area contributed by atoms with E-state index < -0.39 is 0 Å². The molecule has 0 spiro atoms. The van der Waals surface area contributed by atoms with Crippen molar-refractivity contribution >= 4 is 5.91 Å². The van der Waals surface area contributed by atoms with E-state index in [1.807, 2.05) is 11.9 Å². The molecule has 1 aliphatic heterocycles. The van der Waals surface area contributed by atoms with Gasteiger partial charge in [-0.2, -0.15) is 0 Å². The maximum atomic E-state index is 12.3. The van der Waals surface area contributed by atoms with Crippen LogP contribution in [-0.2, 0) is 4.79 Å². The van der Waals surface area contributed by atoms with Crippen LogP contribution in [0.5, 0.6) is 0 Å². The average Bonchev–Trinajstić information content (AvgIpc) is 2.98. The molecule has 0 bridgehead atoms. The van der Waals surface area contributed by atoms with E-state index in [0.29, 0.717) is 18.6 Å². The first-order valence-corrected chi connectivity index (χ1v) is 8.42. The fourth-order valence-electron chi connectivity index (χ4n) is 3.54. The van der Waals surface area contributed by atoms with Gasteiger partial charge < -0.3 is 15.1 Å². The van der Waals surface area contributed by atoms with Crippen LogP contribution < -0.4 is 5.32 Å². The summed E-state index contributed by atoms with van der Waals surface area (Å²) in [4.78, 5) is 16.8. The molecule has 1 saturated heterocycles. The Kier molecular flexibility index (Phi) is 6.30. The highest BCUT2D eigenvalue weighted by Crippen LogP contribution is 2.18. The van der Waals surface area contributed by atoms with E-state index in [9.17, 15) is 4.79 Å². The van der Waals surface area contributed by atoms with Crippen LogP contribution in [0.3, 0.4) is 0 Å². The molecular formula is C16H31N3O. The summed E-state index contributed by atoms with van der Waals surface area (Å²) < 4.78 is 0. The quantitative estimate of drug-likeness (QED) is 0.807. The zero-order chi connectivity index (χ0) is 14.4. The zero-order valence-electron chi connectivity index (χ0n) is 13.2. The highest BCUT2D eigenvalue weighted by molar-refractivity contribution is 5.78. The summed E-state index contributed by atoms with van der Waals surface area (Å²) in [5, 5.41) is 3.43. The van der Waals surface area contributed by atoms with Gasteiger partial charge in [0.05, 0.1) is 6.54 Å². The van der Waals surface area contributed by atoms with Gasteiger partial charge in [-0.15, -0.1) is 0 Å². The third-order valence-electron chi connectivity index (χ3n) is 4.94. The van der Waals surface area contributed by atoms with E-state index in [2.05, 4.69) is 17.1 Å². The Labute approximate surface area is 123 Å². The van der Waals surface area contributed by atoms with Crippen molar-refractivity contribution in [1.82, 2.24) is 15.1 Å². The number of rotatable bonds is 6. The molecule has 0 unspecified atom stereocenters. The van der Waals surface area contributed by atoms with Gasteiger partial charge in [0, 0.05) is 32.2 Å². The Bertz CT molecular complexity index is 294. The average molecular weight is 281 g/mol. The van der Waals surface area contributed by atoms with E-state index in [4.69, 9.17) is 0 Å². The maximum Gasteiger partial charge on any atom is 0.236 e. The van der Waals surface area contributed by atoms with Crippen molar-refractivity contribution in [2.75, 3.05) is 33.2 Å². The summed E-state index contributed by atoms with van der Waals surface area (Å²) in [6, 6.07) is 1.03. The third kappa shape index (κ3) is 4.45. The molecule has 4 heteroatoms. The van der Waals surface area contributed by atoms with Gasteiger partial charge in [0.25, 0.3) is 0 Å². The Hall–Kier alpha value is -0.610. The number of hydrogen-bond acceptors (Lipinski definition) is 3. The van der Waals surface area contributed by atoms with Crippen molar-refractivity contribution in [2.24, 2.45) is 0 Å². The van der Waals surface area contributed by atoms with Gasteiger partial charge in [-0.3, -0.25) is 4.79 Å². The van der Waals surface area contributed by atoms with Crippen LogP contribution in [0.15, 0.2) is 0 Å².